The second-order valence-electron chi connectivity index (χ2n) is 6.80. The number of aliphatic carboxylic acids is 1. The van der Waals surface area contributed by atoms with Gasteiger partial charge < -0.3 is 24.6 Å². The molecule has 0 radical (unpaired) electrons. The predicted octanol–water partition coefficient (Wildman–Crippen LogP) is 3.44. The lowest BCUT2D eigenvalue weighted by Gasteiger charge is -2.12. The number of nitrogens with one attached hydrogen (secondary N) is 1. The smallest absolute Gasteiger partial charge is 0.307 e. The molecule has 10 heteroatoms. The molecule has 164 valence electrons. The summed E-state index contributed by atoms with van der Waals surface area (Å²) in [6, 6.07) is 9.62. The number of fused-ring (bicyclic) bond motifs is 1. The topological polar surface area (TPSA) is 107 Å². The first-order chi connectivity index (χ1) is 15.4. The lowest BCUT2D eigenvalue weighted by atomic mass is 10.1. The molecule has 1 aliphatic heterocycles. The molecular formula is C22H16F2N2O6. The maximum Gasteiger partial charge on any atom is 0.307 e. The van der Waals surface area contributed by atoms with Crippen molar-refractivity contribution in [3.8, 4) is 23.1 Å². The largest absolute Gasteiger partial charge is 0.481 e. The number of carbonyl (C=O) groups excluding carboxylic acids is 1. The summed E-state index contributed by atoms with van der Waals surface area (Å²) in [5.74, 6) is -2.10. The number of pyridine rings is 1. The molecule has 0 saturated heterocycles. The van der Waals surface area contributed by atoms with Crippen molar-refractivity contribution >= 4 is 11.9 Å². The number of carboxylic acid groups (broad SMARTS) is 1. The summed E-state index contributed by atoms with van der Waals surface area (Å²) >= 11 is 0. The molecule has 2 aromatic carbocycles. The fourth-order valence-electron chi connectivity index (χ4n) is 3.01. The highest BCUT2D eigenvalue weighted by Crippen LogP contribution is 2.36. The third kappa shape index (κ3) is 4.75. The van der Waals surface area contributed by atoms with E-state index in [0.29, 0.717) is 22.8 Å². The molecule has 8 nitrogen and oxygen atoms in total. The Hall–Kier alpha value is -4.21. The van der Waals surface area contributed by atoms with E-state index in [2.05, 4.69) is 10.3 Å². The third-order valence-corrected chi connectivity index (χ3v) is 4.53. The maximum atomic E-state index is 14.2. The minimum absolute atomic E-state index is 0.0785. The molecule has 3 aromatic rings. The first-order valence-corrected chi connectivity index (χ1v) is 9.39. The van der Waals surface area contributed by atoms with E-state index in [9.17, 15) is 18.4 Å². The summed E-state index contributed by atoms with van der Waals surface area (Å²) in [4.78, 5) is 27.2. The van der Waals surface area contributed by atoms with Gasteiger partial charge in [-0.3, -0.25) is 9.59 Å². The van der Waals surface area contributed by atoms with Gasteiger partial charge in [-0.2, -0.15) is 0 Å². The van der Waals surface area contributed by atoms with Crippen LogP contribution in [0.3, 0.4) is 0 Å². The molecule has 0 atom stereocenters. The van der Waals surface area contributed by atoms with Gasteiger partial charge in [0.1, 0.15) is 22.9 Å². The third-order valence-electron chi connectivity index (χ3n) is 4.53. The number of hydrogen-bond donors (Lipinski definition) is 2. The Morgan fingerprint density at radius 2 is 1.91 bits per heavy atom. The molecular weight excluding hydrogens is 426 g/mol. The summed E-state index contributed by atoms with van der Waals surface area (Å²) < 4.78 is 44.1. The van der Waals surface area contributed by atoms with E-state index in [4.69, 9.17) is 19.3 Å². The minimum Gasteiger partial charge on any atom is -0.481 e. The fraction of sp³-hybridized carbons (Fsp3) is 0.136. The average molecular weight is 442 g/mol. The van der Waals surface area contributed by atoms with Gasteiger partial charge in [0.15, 0.2) is 11.5 Å². The Morgan fingerprint density at radius 3 is 2.69 bits per heavy atom. The molecule has 1 amide bonds. The van der Waals surface area contributed by atoms with E-state index in [0.717, 1.165) is 18.3 Å². The van der Waals surface area contributed by atoms with Crippen LogP contribution in [0, 0.1) is 11.6 Å². The van der Waals surface area contributed by atoms with Gasteiger partial charge >= 0.3 is 5.97 Å². The van der Waals surface area contributed by atoms with Crippen molar-refractivity contribution in [3.05, 3.63) is 77.0 Å². The molecule has 2 heterocycles. The second-order valence-corrected chi connectivity index (χ2v) is 6.80. The standard InChI is InChI=1S/C22H16F2N2O6/c23-14-7-16(21(29)25-9-13-2-1-12(5-17(13)24)6-20(27)28)22(26-10-14)32-15-3-4-18-19(8-15)31-11-30-18/h1-5,7-8,10H,6,9,11H2,(H,25,29)(H,27,28). The summed E-state index contributed by atoms with van der Waals surface area (Å²) in [5.41, 5.74) is 0.236. The minimum atomic E-state index is -1.08. The highest BCUT2D eigenvalue weighted by Gasteiger charge is 2.19. The van der Waals surface area contributed by atoms with Crippen molar-refractivity contribution in [1.82, 2.24) is 10.3 Å². The normalized spacial score (nSPS) is 11.8. The van der Waals surface area contributed by atoms with Gasteiger partial charge in [0.2, 0.25) is 12.7 Å². The second kappa shape index (κ2) is 8.88. The highest BCUT2D eigenvalue weighted by atomic mass is 19.1. The molecule has 4 rings (SSSR count). The van der Waals surface area contributed by atoms with E-state index >= 15 is 0 Å². The van der Waals surface area contributed by atoms with Crippen molar-refractivity contribution in [2.75, 3.05) is 6.79 Å². The zero-order chi connectivity index (χ0) is 22.7. The van der Waals surface area contributed by atoms with Crippen molar-refractivity contribution in [3.63, 3.8) is 0 Å². The van der Waals surface area contributed by atoms with Crippen LogP contribution in [0.1, 0.15) is 21.5 Å². The van der Waals surface area contributed by atoms with Gasteiger partial charge in [-0.1, -0.05) is 12.1 Å². The number of amides is 1. The van der Waals surface area contributed by atoms with E-state index in [1.165, 1.54) is 12.1 Å². The number of aromatic nitrogens is 1. The van der Waals surface area contributed by atoms with Crippen molar-refractivity contribution in [2.24, 2.45) is 0 Å². The molecule has 0 aliphatic carbocycles. The maximum absolute atomic E-state index is 14.2. The lowest BCUT2D eigenvalue weighted by molar-refractivity contribution is -0.136. The van der Waals surface area contributed by atoms with Gasteiger partial charge in [0.25, 0.3) is 5.91 Å². The number of carboxylic acids is 1. The quantitative estimate of drug-likeness (QED) is 0.577. The molecule has 0 fully saturated rings. The number of carbonyl (C=O) groups is 2. The van der Waals surface area contributed by atoms with Crippen LogP contribution in [0.25, 0.3) is 0 Å². The molecule has 1 aromatic heterocycles. The molecule has 1 aliphatic rings. The SMILES string of the molecule is O=C(O)Cc1ccc(CNC(=O)c2cc(F)cnc2Oc2ccc3c(c2)OCO3)c(F)c1. The summed E-state index contributed by atoms with van der Waals surface area (Å²) in [6.45, 7) is -0.132. The lowest BCUT2D eigenvalue weighted by Crippen LogP contribution is -2.24. The molecule has 2 N–H and O–H groups in total. The van der Waals surface area contributed by atoms with Crippen LogP contribution in [0.5, 0.6) is 23.1 Å². The fourth-order valence-corrected chi connectivity index (χ4v) is 3.01. The Morgan fingerprint density at radius 1 is 1.09 bits per heavy atom. The van der Waals surface area contributed by atoms with Crippen LogP contribution in [-0.4, -0.2) is 28.8 Å². The number of nitrogens with zero attached hydrogens (tertiary/aromatic N) is 1. The van der Waals surface area contributed by atoms with Crippen LogP contribution in [0.2, 0.25) is 0 Å². The van der Waals surface area contributed by atoms with E-state index in [1.807, 2.05) is 0 Å². The first kappa shape index (κ1) is 21.0. The number of rotatable bonds is 7. The van der Waals surface area contributed by atoms with Crippen LogP contribution >= 0.6 is 0 Å². The monoisotopic (exact) mass is 442 g/mol. The van der Waals surface area contributed by atoms with Gasteiger partial charge in [0.05, 0.1) is 12.6 Å². The first-order valence-electron chi connectivity index (χ1n) is 9.39. The number of ether oxygens (including phenoxy) is 3. The molecule has 0 spiro atoms. The number of benzene rings is 2. The Labute approximate surface area is 180 Å². The zero-order valence-corrected chi connectivity index (χ0v) is 16.4. The van der Waals surface area contributed by atoms with Crippen LogP contribution < -0.4 is 19.5 Å². The summed E-state index contributed by atoms with van der Waals surface area (Å²) in [5, 5.41) is 11.3. The highest BCUT2D eigenvalue weighted by molar-refractivity contribution is 5.96. The van der Waals surface area contributed by atoms with Crippen LogP contribution in [-0.2, 0) is 17.8 Å². The van der Waals surface area contributed by atoms with Crippen molar-refractivity contribution < 1.29 is 37.7 Å². The Kier molecular flexibility index (Phi) is 5.84. The molecule has 0 bridgehead atoms. The van der Waals surface area contributed by atoms with E-state index in [1.54, 1.807) is 18.2 Å². The molecule has 0 saturated carbocycles. The number of hydrogen-bond acceptors (Lipinski definition) is 6. The van der Waals surface area contributed by atoms with Gasteiger partial charge in [-0.15, -0.1) is 0 Å². The van der Waals surface area contributed by atoms with Gasteiger partial charge in [0, 0.05) is 18.2 Å². The Balaban J connectivity index is 1.49. The van der Waals surface area contributed by atoms with E-state index in [-0.39, 0.29) is 36.8 Å². The zero-order valence-electron chi connectivity index (χ0n) is 16.4. The van der Waals surface area contributed by atoms with Crippen molar-refractivity contribution in [2.45, 2.75) is 13.0 Å². The molecule has 0 unspecified atom stereocenters. The number of halogens is 2. The Bertz CT molecular complexity index is 1200. The summed E-state index contributed by atoms with van der Waals surface area (Å²) in [6.07, 6.45) is 0.582. The predicted molar refractivity (Wildman–Crippen MR) is 106 cm³/mol. The average Bonchev–Trinajstić information content (AvgIpc) is 3.21. The van der Waals surface area contributed by atoms with Crippen molar-refractivity contribution in [1.29, 1.82) is 0 Å². The van der Waals surface area contributed by atoms with E-state index < -0.39 is 23.5 Å². The van der Waals surface area contributed by atoms with Crippen LogP contribution in [0.15, 0.2) is 48.7 Å². The molecule has 32 heavy (non-hydrogen) atoms. The van der Waals surface area contributed by atoms with Gasteiger partial charge in [-0.05, 0) is 29.8 Å². The van der Waals surface area contributed by atoms with Gasteiger partial charge in [-0.25, -0.2) is 13.8 Å². The summed E-state index contributed by atoms with van der Waals surface area (Å²) in [7, 11) is 0. The van der Waals surface area contributed by atoms with Crippen LogP contribution in [0.4, 0.5) is 8.78 Å².